The van der Waals surface area contributed by atoms with Crippen LogP contribution in [-0.4, -0.2) is 33.5 Å². The molecule has 5 atom stereocenters. The fourth-order valence-electron chi connectivity index (χ4n) is 6.49. The van der Waals surface area contributed by atoms with Gasteiger partial charge in [0.15, 0.2) is 0 Å². The lowest BCUT2D eigenvalue weighted by Crippen LogP contribution is -2.59. The molecule has 4 fully saturated rings. The molecule has 1 heterocycles. The van der Waals surface area contributed by atoms with Crippen LogP contribution in [0.1, 0.15) is 59.3 Å². The summed E-state index contributed by atoms with van der Waals surface area (Å²) in [4.78, 5) is 27.6. The fraction of sp³-hybridized carbons (Fsp3) is 0.480. The molecule has 0 aliphatic heterocycles. The Bertz CT molecular complexity index is 1040. The number of anilines is 1. The van der Waals surface area contributed by atoms with E-state index < -0.39 is 11.5 Å². The van der Waals surface area contributed by atoms with Crippen molar-refractivity contribution in [3.8, 4) is 0 Å². The van der Waals surface area contributed by atoms with E-state index >= 15 is 0 Å². The lowest BCUT2D eigenvalue weighted by Gasteiger charge is -2.58. The van der Waals surface area contributed by atoms with Gasteiger partial charge in [0.2, 0.25) is 5.91 Å². The highest BCUT2D eigenvalue weighted by atomic mass is 16.3. The predicted molar refractivity (Wildman–Crippen MR) is 121 cm³/mol. The Hall–Kier alpha value is -2.93. The van der Waals surface area contributed by atoms with Crippen molar-refractivity contribution >= 4 is 17.5 Å². The third-order valence-electron chi connectivity index (χ3n) is 7.58. The van der Waals surface area contributed by atoms with Crippen LogP contribution in [0.3, 0.4) is 0 Å². The maximum Gasteiger partial charge on any atom is 0.252 e. The van der Waals surface area contributed by atoms with Crippen LogP contribution in [0.2, 0.25) is 0 Å². The first-order valence-electron chi connectivity index (χ1n) is 11.4. The topological polar surface area (TPSA) is 131 Å². The maximum atomic E-state index is 12.1. The minimum Gasteiger partial charge on any atom is -0.390 e. The van der Waals surface area contributed by atoms with Gasteiger partial charge in [-0.25, -0.2) is 0 Å². The van der Waals surface area contributed by atoms with E-state index in [1.165, 1.54) is 0 Å². The van der Waals surface area contributed by atoms with Gasteiger partial charge in [0.25, 0.3) is 5.91 Å². The number of amides is 2. The number of aliphatic hydroxyl groups is 1. The number of rotatable bonds is 7. The Kier molecular flexibility index (Phi) is 5.16. The molecule has 4 aliphatic carbocycles. The molecule has 2 aromatic rings. The smallest absolute Gasteiger partial charge is 0.252 e. The van der Waals surface area contributed by atoms with E-state index in [9.17, 15) is 14.7 Å². The molecule has 2 amide bonds. The summed E-state index contributed by atoms with van der Waals surface area (Å²) in [5.41, 5.74) is 14.3. The Labute approximate surface area is 187 Å². The highest BCUT2D eigenvalue weighted by molar-refractivity contribution is 5.98. The molecule has 168 valence electrons. The van der Waals surface area contributed by atoms with Gasteiger partial charge < -0.3 is 21.9 Å². The van der Waals surface area contributed by atoms with Crippen LogP contribution >= 0.6 is 0 Å². The molecule has 7 heteroatoms. The Morgan fingerprint density at radius 1 is 1.06 bits per heavy atom. The molecular formula is C25H30N4O3. The molecule has 6 N–H and O–H groups in total. The van der Waals surface area contributed by atoms with Crippen molar-refractivity contribution in [3.05, 3.63) is 58.9 Å². The molecule has 3 unspecified atom stereocenters. The number of carbonyl (C=O) groups excluding carboxylic acids is 2. The Balaban J connectivity index is 1.36. The fourth-order valence-corrected chi connectivity index (χ4v) is 6.49. The lowest BCUT2D eigenvalue weighted by molar-refractivity contribution is -0.129. The minimum absolute atomic E-state index is 0.222. The summed E-state index contributed by atoms with van der Waals surface area (Å²) in [6, 6.07) is 9.90. The SMILES string of the molecule is NC(=O)Cc1ccc(Cc2cc(NC3[C@@H]4CC5C[C@H]3CC(O)(C5)C4)c(C(N)=O)cn2)cc1. The van der Waals surface area contributed by atoms with E-state index in [1.807, 2.05) is 30.3 Å². The number of primary amides is 2. The van der Waals surface area contributed by atoms with Gasteiger partial charge in [-0.05, 0) is 67.1 Å². The molecule has 32 heavy (non-hydrogen) atoms. The van der Waals surface area contributed by atoms with Crippen LogP contribution in [0, 0.1) is 17.8 Å². The number of aromatic nitrogens is 1. The number of hydrogen-bond donors (Lipinski definition) is 4. The van der Waals surface area contributed by atoms with Gasteiger partial charge in [-0.3, -0.25) is 14.6 Å². The van der Waals surface area contributed by atoms with Gasteiger partial charge in [-0.2, -0.15) is 0 Å². The van der Waals surface area contributed by atoms with E-state index in [2.05, 4.69) is 10.3 Å². The molecule has 1 aromatic carbocycles. The number of carbonyl (C=O) groups is 2. The van der Waals surface area contributed by atoms with Gasteiger partial charge in [0.1, 0.15) is 0 Å². The Morgan fingerprint density at radius 2 is 1.72 bits per heavy atom. The molecule has 0 radical (unpaired) electrons. The van der Waals surface area contributed by atoms with Crippen molar-refractivity contribution in [2.75, 3.05) is 5.32 Å². The molecule has 7 nitrogen and oxygen atoms in total. The zero-order valence-corrected chi connectivity index (χ0v) is 18.1. The summed E-state index contributed by atoms with van der Waals surface area (Å²) >= 11 is 0. The quantitative estimate of drug-likeness (QED) is 0.530. The first-order valence-corrected chi connectivity index (χ1v) is 11.4. The highest BCUT2D eigenvalue weighted by Gasteiger charge is 2.54. The van der Waals surface area contributed by atoms with E-state index in [0.717, 1.165) is 54.6 Å². The summed E-state index contributed by atoms with van der Waals surface area (Å²) in [7, 11) is 0. The molecule has 4 bridgehead atoms. The van der Waals surface area contributed by atoms with Crippen molar-refractivity contribution in [1.29, 1.82) is 0 Å². The average Bonchev–Trinajstić information content (AvgIpc) is 2.70. The number of pyridine rings is 1. The van der Waals surface area contributed by atoms with Crippen molar-refractivity contribution in [1.82, 2.24) is 4.98 Å². The summed E-state index contributed by atoms with van der Waals surface area (Å²) < 4.78 is 0. The number of nitrogens with two attached hydrogens (primary N) is 2. The van der Waals surface area contributed by atoms with Crippen LogP contribution < -0.4 is 16.8 Å². The van der Waals surface area contributed by atoms with Crippen LogP contribution in [-0.2, 0) is 17.6 Å². The van der Waals surface area contributed by atoms with Crippen LogP contribution in [0.5, 0.6) is 0 Å². The van der Waals surface area contributed by atoms with Gasteiger partial charge in [0, 0.05) is 24.4 Å². The zero-order chi connectivity index (χ0) is 22.5. The second-order valence-corrected chi connectivity index (χ2v) is 10.1. The Morgan fingerprint density at radius 3 is 2.31 bits per heavy atom. The van der Waals surface area contributed by atoms with E-state index in [0.29, 0.717) is 29.7 Å². The summed E-state index contributed by atoms with van der Waals surface area (Å²) in [6.45, 7) is 0. The van der Waals surface area contributed by atoms with Gasteiger partial charge >= 0.3 is 0 Å². The second kappa shape index (κ2) is 7.89. The normalized spacial score (nSPS) is 30.3. The summed E-state index contributed by atoms with van der Waals surface area (Å²) in [5, 5.41) is 14.5. The van der Waals surface area contributed by atoms with Gasteiger partial charge in [-0.15, -0.1) is 0 Å². The first-order chi connectivity index (χ1) is 15.3. The first kappa shape index (κ1) is 20.9. The average molecular weight is 435 g/mol. The van der Waals surface area contributed by atoms with Crippen molar-refractivity contribution < 1.29 is 14.7 Å². The molecule has 0 saturated heterocycles. The minimum atomic E-state index is -0.496. The predicted octanol–water partition coefficient (Wildman–Crippen LogP) is 2.15. The number of nitrogens with zero attached hydrogens (tertiary/aromatic N) is 1. The maximum absolute atomic E-state index is 12.1. The molecule has 6 rings (SSSR count). The van der Waals surface area contributed by atoms with Gasteiger partial charge in [0.05, 0.1) is 23.3 Å². The lowest BCUT2D eigenvalue weighted by atomic mass is 9.52. The summed E-state index contributed by atoms with van der Waals surface area (Å²) in [5.74, 6) is 0.610. The molecule has 1 aromatic heterocycles. The molecular weight excluding hydrogens is 404 g/mol. The standard InChI is InChI=1S/C25H30N4O3/c26-22(30)8-15-3-1-14(2-4-15)7-19-9-21(20(13-28-19)24(27)31)29-23-17-5-16-6-18(23)12-25(32,10-16)11-17/h1-4,9,13,16-18,23,32H,5-8,10-12H2,(H2,26,30)(H2,27,31)(H,28,29)/t16?,17-,18+,23?,25?. The number of hydrogen-bond acceptors (Lipinski definition) is 5. The van der Waals surface area contributed by atoms with Crippen molar-refractivity contribution in [2.24, 2.45) is 29.2 Å². The third kappa shape index (κ3) is 4.09. The van der Waals surface area contributed by atoms with Crippen molar-refractivity contribution in [2.45, 2.75) is 56.6 Å². The van der Waals surface area contributed by atoms with E-state index in [1.54, 1.807) is 6.20 Å². The molecule has 4 aliphatic rings. The number of benzene rings is 1. The van der Waals surface area contributed by atoms with Crippen LogP contribution in [0.25, 0.3) is 0 Å². The zero-order valence-electron chi connectivity index (χ0n) is 18.1. The van der Waals surface area contributed by atoms with Crippen molar-refractivity contribution in [3.63, 3.8) is 0 Å². The summed E-state index contributed by atoms with van der Waals surface area (Å²) in [6.07, 6.45) is 7.26. The van der Waals surface area contributed by atoms with Gasteiger partial charge in [-0.1, -0.05) is 24.3 Å². The number of nitrogens with one attached hydrogen (secondary N) is 1. The van der Waals surface area contributed by atoms with E-state index in [-0.39, 0.29) is 18.4 Å². The third-order valence-corrected chi connectivity index (χ3v) is 7.58. The molecule has 0 spiro atoms. The largest absolute Gasteiger partial charge is 0.390 e. The monoisotopic (exact) mass is 434 g/mol. The molecule has 4 saturated carbocycles. The van der Waals surface area contributed by atoms with E-state index in [4.69, 9.17) is 11.5 Å². The highest BCUT2D eigenvalue weighted by Crippen LogP contribution is 2.56. The second-order valence-electron chi connectivity index (χ2n) is 10.1. The van der Waals surface area contributed by atoms with Crippen LogP contribution in [0.15, 0.2) is 36.5 Å². The van der Waals surface area contributed by atoms with Crippen LogP contribution in [0.4, 0.5) is 5.69 Å².